The normalized spacial score (nSPS) is 10.5. The van der Waals surface area contributed by atoms with Crippen LogP contribution in [0.15, 0.2) is 48.5 Å². The van der Waals surface area contributed by atoms with Gasteiger partial charge < -0.3 is 19.9 Å². The van der Waals surface area contributed by atoms with Crippen LogP contribution in [0.25, 0.3) is 6.08 Å². The van der Waals surface area contributed by atoms with Gasteiger partial charge in [-0.15, -0.1) is 0 Å². The molecular formula is C20H21NO5. The van der Waals surface area contributed by atoms with Crippen molar-refractivity contribution in [2.75, 3.05) is 19.0 Å². The summed E-state index contributed by atoms with van der Waals surface area (Å²) >= 11 is 0. The van der Waals surface area contributed by atoms with Crippen LogP contribution < -0.4 is 14.8 Å². The summed E-state index contributed by atoms with van der Waals surface area (Å²) in [6.07, 6.45) is 3.05. The van der Waals surface area contributed by atoms with Crippen LogP contribution in [0.5, 0.6) is 11.5 Å². The zero-order chi connectivity index (χ0) is 18.9. The van der Waals surface area contributed by atoms with E-state index in [4.69, 9.17) is 14.6 Å². The molecular weight excluding hydrogens is 334 g/mol. The highest BCUT2D eigenvalue weighted by atomic mass is 16.5. The second-order valence-electron chi connectivity index (χ2n) is 5.43. The minimum Gasteiger partial charge on any atom is -0.493 e. The smallest absolute Gasteiger partial charge is 0.307 e. The largest absolute Gasteiger partial charge is 0.493 e. The molecule has 0 saturated carbocycles. The molecule has 6 nitrogen and oxygen atoms in total. The monoisotopic (exact) mass is 355 g/mol. The van der Waals surface area contributed by atoms with Gasteiger partial charge in [0.25, 0.3) is 0 Å². The van der Waals surface area contributed by atoms with E-state index in [1.165, 1.54) is 6.08 Å². The van der Waals surface area contributed by atoms with E-state index in [9.17, 15) is 9.59 Å². The van der Waals surface area contributed by atoms with E-state index in [1.807, 2.05) is 13.0 Å². The molecule has 0 aliphatic heterocycles. The van der Waals surface area contributed by atoms with E-state index in [0.717, 1.165) is 5.56 Å². The number of methoxy groups -OCH3 is 1. The Morgan fingerprint density at radius 3 is 2.46 bits per heavy atom. The Labute approximate surface area is 152 Å². The van der Waals surface area contributed by atoms with Gasteiger partial charge in [0.05, 0.1) is 20.1 Å². The Bertz CT molecular complexity index is 796. The van der Waals surface area contributed by atoms with Crippen molar-refractivity contribution < 1.29 is 24.2 Å². The molecule has 0 spiro atoms. The first-order valence-electron chi connectivity index (χ1n) is 8.12. The van der Waals surface area contributed by atoms with Gasteiger partial charge in [0.1, 0.15) is 0 Å². The van der Waals surface area contributed by atoms with Crippen LogP contribution in [0.3, 0.4) is 0 Å². The second kappa shape index (κ2) is 9.27. The Kier molecular flexibility index (Phi) is 6.79. The second-order valence-corrected chi connectivity index (χ2v) is 5.43. The lowest BCUT2D eigenvalue weighted by atomic mass is 10.1. The van der Waals surface area contributed by atoms with Crippen molar-refractivity contribution in [1.29, 1.82) is 0 Å². The molecule has 0 aromatic heterocycles. The van der Waals surface area contributed by atoms with Crippen molar-refractivity contribution in [3.05, 3.63) is 59.7 Å². The number of hydrogen-bond acceptors (Lipinski definition) is 4. The molecule has 1 amide bonds. The predicted molar refractivity (Wildman–Crippen MR) is 99.6 cm³/mol. The maximum absolute atomic E-state index is 12.0. The molecule has 0 heterocycles. The molecule has 136 valence electrons. The summed E-state index contributed by atoms with van der Waals surface area (Å²) in [5.41, 5.74) is 2.08. The van der Waals surface area contributed by atoms with E-state index in [-0.39, 0.29) is 12.3 Å². The van der Waals surface area contributed by atoms with Gasteiger partial charge in [0.2, 0.25) is 5.91 Å². The number of carboxylic acids is 1. The number of anilines is 1. The van der Waals surface area contributed by atoms with E-state index in [1.54, 1.807) is 49.6 Å². The zero-order valence-electron chi connectivity index (χ0n) is 14.7. The third-order valence-electron chi connectivity index (χ3n) is 3.49. The van der Waals surface area contributed by atoms with Gasteiger partial charge in [-0.25, -0.2) is 0 Å². The van der Waals surface area contributed by atoms with Crippen molar-refractivity contribution in [3.63, 3.8) is 0 Å². The summed E-state index contributed by atoms with van der Waals surface area (Å²) in [5, 5.41) is 11.5. The van der Waals surface area contributed by atoms with E-state index < -0.39 is 5.97 Å². The number of rotatable bonds is 8. The Morgan fingerprint density at radius 1 is 1.12 bits per heavy atom. The van der Waals surface area contributed by atoms with Gasteiger partial charge in [-0.3, -0.25) is 9.59 Å². The fraction of sp³-hybridized carbons (Fsp3) is 0.200. The van der Waals surface area contributed by atoms with Gasteiger partial charge in [-0.05, 0) is 48.4 Å². The molecule has 0 bridgehead atoms. The Balaban J connectivity index is 2.00. The SMILES string of the molecule is CCOc1cc(/C=C/C(=O)Nc2ccc(CC(=O)O)cc2)ccc1OC. The molecule has 6 heteroatoms. The van der Waals surface area contributed by atoms with Crippen molar-refractivity contribution in [2.24, 2.45) is 0 Å². The number of hydrogen-bond donors (Lipinski definition) is 2. The fourth-order valence-electron chi connectivity index (χ4n) is 2.30. The highest BCUT2D eigenvalue weighted by molar-refractivity contribution is 6.02. The zero-order valence-corrected chi connectivity index (χ0v) is 14.7. The van der Waals surface area contributed by atoms with Gasteiger partial charge >= 0.3 is 5.97 Å². The average molecular weight is 355 g/mol. The summed E-state index contributed by atoms with van der Waals surface area (Å²) in [6, 6.07) is 12.1. The lowest BCUT2D eigenvalue weighted by Gasteiger charge is -2.09. The first kappa shape index (κ1) is 19.1. The standard InChI is InChI=1S/C20H21NO5/c1-3-26-18-12-14(6-10-17(18)25-2)7-11-19(22)21-16-8-4-15(5-9-16)13-20(23)24/h4-12H,3,13H2,1-2H3,(H,21,22)(H,23,24)/b11-7+. The number of aliphatic carboxylic acids is 1. The average Bonchev–Trinajstić information content (AvgIpc) is 2.62. The lowest BCUT2D eigenvalue weighted by molar-refractivity contribution is -0.136. The van der Waals surface area contributed by atoms with E-state index in [2.05, 4.69) is 5.32 Å². The number of amides is 1. The van der Waals surface area contributed by atoms with E-state index in [0.29, 0.717) is 29.4 Å². The molecule has 0 fully saturated rings. The van der Waals surface area contributed by atoms with Crippen LogP contribution >= 0.6 is 0 Å². The number of carbonyl (C=O) groups excluding carboxylic acids is 1. The number of ether oxygens (including phenoxy) is 2. The third-order valence-corrected chi connectivity index (χ3v) is 3.49. The molecule has 0 radical (unpaired) electrons. The molecule has 2 aromatic rings. The van der Waals surface area contributed by atoms with Crippen LogP contribution in [0, 0.1) is 0 Å². The Hall–Kier alpha value is -3.28. The van der Waals surface area contributed by atoms with E-state index >= 15 is 0 Å². The van der Waals surface area contributed by atoms with Crippen molar-refractivity contribution >= 4 is 23.6 Å². The van der Waals surface area contributed by atoms with Crippen LogP contribution in [0.4, 0.5) is 5.69 Å². The topological polar surface area (TPSA) is 84.9 Å². The summed E-state index contributed by atoms with van der Waals surface area (Å²) in [4.78, 5) is 22.7. The van der Waals surface area contributed by atoms with Crippen LogP contribution in [-0.4, -0.2) is 30.7 Å². The van der Waals surface area contributed by atoms with Crippen molar-refractivity contribution in [2.45, 2.75) is 13.3 Å². The highest BCUT2D eigenvalue weighted by Gasteiger charge is 2.05. The molecule has 0 aliphatic carbocycles. The number of nitrogens with one attached hydrogen (secondary N) is 1. The van der Waals surface area contributed by atoms with Gasteiger partial charge in [0, 0.05) is 11.8 Å². The number of carbonyl (C=O) groups is 2. The fourth-order valence-corrected chi connectivity index (χ4v) is 2.30. The van der Waals surface area contributed by atoms with Gasteiger partial charge in [-0.2, -0.15) is 0 Å². The first-order valence-corrected chi connectivity index (χ1v) is 8.12. The van der Waals surface area contributed by atoms with Crippen LogP contribution in [0.2, 0.25) is 0 Å². The minimum absolute atomic E-state index is 0.0479. The Morgan fingerprint density at radius 2 is 1.85 bits per heavy atom. The lowest BCUT2D eigenvalue weighted by Crippen LogP contribution is -2.08. The maximum atomic E-state index is 12.0. The number of carboxylic acid groups (broad SMARTS) is 1. The first-order chi connectivity index (χ1) is 12.5. The van der Waals surface area contributed by atoms with Crippen LogP contribution in [-0.2, 0) is 16.0 Å². The van der Waals surface area contributed by atoms with Gasteiger partial charge in [0.15, 0.2) is 11.5 Å². The quantitative estimate of drug-likeness (QED) is 0.709. The molecule has 2 rings (SSSR count). The van der Waals surface area contributed by atoms with Crippen molar-refractivity contribution in [1.82, 2.24) is 0 Å². The summed E-state index contributed by atoms with van der Waals surface area (Å²) < 4.78 is 10.7. The molecule has 2 aromatic carbocycles. The summed E-state index contributed by atoms with van der Waals surface area (Å²) in [5.74, 6) is 0.0712. The molecule has 2 N–H and O–H groups in total. The van der Waals surface area contributed by atoms with Crippen LogP contribution in [0.1, 0.15) is 18.1 Å². The summed E-state index contributed by atoms with van der Waals surface area (Å²) in [7, 11) is 1.57. The third kappa shape index (κ3) is 5.66. The van der Waals surface area contributed by atoms with Crippen molar-refractivity contribution in [3.8, 4) is 11.5 Å². The highest BCUT2D eigenvalue weighted by Crippen LogP contribution is 2.28. The van der Waals surface area contributed by atoms with Gasteiger partial charge in [-0.1, -0.05) is 18.2 Å². The molecule has 26 heavy (non-hydrogen) atoms. The molecule has 0 unspecified atom stereocenters. The molecule has 0 aliphatic rings. The summed E-state index contributed by atoms with van der Waals surface area (Å²) in [6.45, 7) is 2.40. The number of benzene rings is 2. The predicted octanol–water partition coefficient (Wildman–Crippen LogP) is 3.37. The minimum atomic E-state index is -0.893. The molecule has 0 saturated heterocycles. The maximum Gasteiger partial charge on any atom is 0.307 e. The molecule has 0 atom stereocenters.